The molecule has 120 valence electrons. The summed E-state index contributed by atoms with van der Waals surface area (Å²) < 4.78 is 15.9. The molecule has 0 unspecified atom stereocenters. The Bertz CT molecular complexity index is 917. The second-order valence-corrected chi connectivity index (χ2v) is 5.79. The Labute approximate surface area is 143 Å². The van der Waals surface area contributed by atoms with Crippen molar-refractivity contribution in [3.05, 3.63) is 63.8 Å². The third kappa shape index (κ3) is 2.53. The highest BCUT2D eigenvalue weighted by molar-refractivity contribution is 6.32. The number of esters is 1. The van der Waals surface area contributed by atoms with Gasteiger partial charge in [0.1, 0.15) is 0 Å². The van der Waals surface area contributed by atoms with Crippen molar-refractivity contribution in [2.45, 2.75) is 6.92 Å². The molecule has 5 nitrogen and oxygen atoms in total. The van der Waals surface area contributed by atoms with Gasteiger partial charge in [-0.15, -0.1) is 0 Å². The first-order chi connectivity index (χ1) is 11.6. The SMILES string of the molecule is Cc1ccccc1C1=NC(=Cc2cc3c(cc2Cl)OCO3)C(=O)O1. The van der Waals surface area contributed by atoms with E-state index in [-0.39, 0.29) is 12.5 Å². The fraction of sp³-hybridized carbons (Fsp3) is 0.111. The molecule has 0 saturated heterocycles. The molecule has 2 heterocycles. The Morgan fingerprint density at radius 1 is 1.17 bits per heavy atom. The highest BCUT2D eigenvalue weighted by atomic mass is 35.5. The summed E-state index contributed by atoms with van der Waals surface area (Å²) in [7, 11) is 0. The smallest absolute Gasteiger partial charge is 0.363 e. The van der Waals surface area contributed by atoms with E-state index in [9.17, 15) is 4.79 Å². The number of cyclic esters (lactones) is 1. The van der Waals surface area contributed by atoms with Gasteiger partial charge in [-0.1, -0.05) is 29.8 Å². The monoisotopic (exact) mass is 341 g/mol. The molecule has 6 heteroatoms. The van der Waals surface area contributed by atoms with Crippen LogP contribution in [-0.2, 0) is 9.53 Å². The number of nitrogens with zero attached hydrogens (tertiary/aromatic N) is 1. The van der Waals surface area contributed by atoms with Crippen molar-refractivity contribution in [2.75, 3.05) is 6.79 Å². The molecule has 2 aliphatic rings. The van der Waals surface area contributed by atoms with E-state index in [1.54, 1.807) is 18.2 Å². The third-order valence-electron chi connectivity index (χ3n) is 3.78. The van der Waals surface area contributed by atoms with Gasteiger partial charge in [0.25, 0.3) is 0 Å². The molecule has 0 N–H and O–H groups in total. The molecule has 0 bridgehead atoms. The van der Waals surface area contributed by atoms with E-state index in [2.05, 4.69) is 4.99 Å². The van der Waals surface area contributed by atoms with Gasteiger partial charge in [-0.2, -0.15) is 0 Å². The van der Waals surface area contributed by atoms with Gasteiger partial charge in [0.2, 0.25) is 12.7 Å². The van der Waals surface area contributed by atoms with Crippen molar-refractivity contribution in [1.29, 1.82) is 0 Å². The first kappa shape index (κ1) is 14.8. The first-order valence-corrected chi connectivity index (χ1v) is 7.67. The summed E-state index contributed by atoms with van der Waals surface area (Å²) in [5.74, 6) is 0.948. The van der Waals surface area contributed by atoms with Crippen molar-refractivity contribution in [3.8, 4) is 11.5 Å². The molecular formula is C18H12ClNO4. The maximum absolute atomic E-state index is 12.1. The normalized spacial score (nSPS) is 17.2. The van der Waals surface area contributed by atoms with Crippen molar-refractivity contribution in [1.82, 2.24) is 0 Å². The van der Waals surface area contributed by atoms with E-state index >= 15 is 0 Å². The van der Waals surface area contributed by atoms with Crippen LogP contribution in [0.4, 0.5) is 0 Å². The van der Waals surface area contributed by atoms with E-state index < -0.39 is 5.97 Å². The highest BCUT2D eigenvalue weighted by Gasteiger charge is 2.26. The second kappa shape index (κ2) is 5.69. The Morgan fingerprint density at radius 2 is 1.92 bits per heavy atom. The molecule has 0 atom stereocenters. The average Bonchev–Trinajstić information content (AvgIpc) is 3.15. The van der Waals surface area contributed by atoms with Crippen LogP contribution in [0.25, 0.3) is 6.08 Å². The molecule has 0 radical (unpaired) electrons. The largest absolute Gasteiger partial charge is 0.454 e. The van der Waals surface area contributed by atoms with Crippen molar-refractivity contribution < 1.29 is 19.0 Å². The number of carbonyl (C=O) groups excluding carboxylic acids is 1. The van der Waals surface area contributed by atoms with Crippen molar-refractivity contribution in [2.24, 2.45) is 4.99 Å². The Morgan fingerprint density at radius 3 is 2.71 bits per heavy atom. The van der Waals surface area contributed by atoms with Crippen molar-refractivity contribution >= 4 is 29.5 Å². The van der Waals surface area contributed by atoms with E-state index in [4.69, 9.17) is 25.8 Å². The zero-order valence-electron chi connectivity index (χ0n) is 12.7. The first-order valence-electron chi connectivity index (χ1n) is 7.29. The van der Waals surface area contributed by atoms with Gasteiger partial charge in [-0.25, -0.2) is 9.79 Å². The number of aliphatic imine (C=N–C) groups is 1. The number of halogens is 1. The summed E-state index contributed by atoms with van der Waals surface area (Å²) >= 11 is 6.23. The minimum Gasteiger partial charge on any atom is -0.454 e. The van der Waals surface area contributed by atoms with E-state index in [1.165, 1.54) is 0 Å². The van der Waals surface area contributed by atoms with Crippen LogP contribution >= 0.6 is 11.6 Å². The number of rotatable bonds is 2. The van der Waals surface area contributed by atoms with Gasteiger partial charge < -0.3 is 14.2 Å². The van der Waals surface area contributed by atoms with Crippen LogP contribution in [0.2, 0.25) is 5.02 Å². The Kier molecular flexibility index (Phi) is 3.50. The van der Waals surface area contributed by atoms with Crippen LogP contribution in [0, 0.1) is 6.92 Å². The summed E-state index contributed by atoms with van der Waals surface area (Å²) in [6.45, 7) is 2.09. The number of ether oxygens (including phenoxy) is 3. The standard InChI is InChI=1S/C18H12ClNO4/c1-10-4-2-3-5-12(10)17-20-14(18(21)24-17)6-11-7-15-16(8-13(11)19)23-9-22-15/h2-8H,9H2,1H3. The fourth-order valence-corrected chi connectivity index (χ4v) is 2.74. The summed E-state index contributed by atoms with van der Waals surface area (Å²) in [6.07, 6.45) is 1.58. The fourth-order valence-electron chi connectivity index (χ4n) is 2.53. The Hall–Kier alpha value is -2.79. The molecule has 0 spiro atoms. The van der Waals surface area contributed by atoms with Crippen LogP contribution in [-0.4, -0.2) is 18.7 Å². The number of fused-ring (bicyclic) bond motifs is 1. The lowest BCUT2D eigenvalue weighted by Gasteiger charge is -2.02. The maximum atomic E-state index is 12.1. The minimum atomic E-state index is -0.512. The molecular weight excluding hydrogens is 330 g/mol. The van der Waals surface area contributed by atoms with Gasteiger partial charge in [-0.05, 0) is 36.3 Å². The third-order valence-corrected chi connectivity index (χ3v) is 4.11. The van der Waals surface area contributed by atoms with Crippen LogP contribution < -0.4 is 9.47 Å². The lowest BCUT2D eigenvalue weighted by molar-refractivity contribution is -0.129. The predicted molar refractivity (Wildman–Crippen MR) is 89.4 cm³/mol. The van der Waals surface area contributed by atoms with Gasteiger partial charge in [0.05, 0.1) is 5.02 Å². The molecule has 2 aromatic rings. The van der Waals surface area contributed by atoms with Crippen LogP contribution in [0.15, 0.2) is 47.1 Å². The lowest BCUT2D eigenvalue weighted by Crippen LogP contribution is -2.06. The molecule has 4 rings (SSSR count). The van der Waals surface area contributed by atoms with Gasteiger partial charge >= 0.3 is 5.97 Å². The lowest BCUT2D eigenvalue weighted by atomic mass is 10.1. The second-order valence-electron chi connectivity index (χ2n) is 5.38. The van der Waals surface area contributed by atoms with Crippen LogP contribution in [0.3, 0.4) is 0 Å². The zero-order chi connectivity index (χ0) is 16.7. The molecule has 0 aliphatic carbocycles. The maximum Gasteiger partial charge on any atom is 0.363 e. The van der Waals surface area contributed by atoms with E-state index in [0.717, 1.165) is 11.1 Å². The Balaban J connectivity index is 1.73. The summed E-state index contributed by atoms with van der Waals surface area (Å²) in [5, 5.41) is 0.444. The van der Waals surface area contributed by atoms with Crippen molar-refractivity contribution in [3.63, 3.8) is 0 Å². The van der Waals surface area contributed by atoms with Crippen LogP contribution in [0.5, 0.6) is 11.5 Å². The number of hydrogen-bond acceptors (Lipinski definition) is 5. The number of carbonyl (C=O) groups is 1. The molecule has 24 heavy (non-hydrogen) atoms. The molecule has 0 fully saturated rings. The number of aryl methyl sites for hydroxylation is 1. The van der Waals surface area contributed by atoms with Gasteiger partial charge in [0, 0.05) is 11.6 Å². The van der Waals surface area contributed by atoms with E-state index in [0.29, 0.717) is 28.0 Å². The molecule has 0 saturated carbocycles. The summed E-state index contributed by atoms with van der Waals surface area (Å²) in [5.41, 5.74) is 2.56. The summed E-state index contributed by atoms with van der Waals surface area (Å²) in [4.78, 5) is 16.4. The number of hydrogen-bond donors (Lipinski definition) is 0. The molecule has 2 aromatic carbocycles. The zero-order valence-corrected chi connectivity index (χ0v) is 13.5. The number of benzene rings is 2. The predicted octanol–water partition coefficient (Wildman–Crippen LogP) is 3.72. The summed E-state index contributed by atoms with van der Waals surface area (Å²) in [6, 6.07) is 10.9. The highest BCUT2D eigenvalue weighted by Crippen LogP contribution is 2.38. The molecule has 0 amide bonds. The topological polar surface area (TPSA) is 57.1 Å². The quantitative estimate of drug-likeness (QED) is 0.617. The molecule has 2 aliphatic heterocycles. The van der Waals surface area contributed by atoms with Gasteiger partial charge in [-0.3, -0.25) is 0 Å². The molecule has 0 aromatic heterocycles. The minimum absolute atomic E-state index is 0.156. The average molecular weight is 342 g/mol. The van der Waals surface area contributed by atoms with E-state index in [1.807, 2.05) is 31.2 Å². The van der Waals surface area contributed by atoms with Crippen LogP contribution in [0.1, 0.15) is 16.7 Å². The van der Waals surface area contributed by atoms with Gasteiger partial charge in [0.15, 0.2) is 17.2 Å².